The number of nitrogens with zero attached hydrogens (tertiary/aromatic N) is 3. The van der Waals surface area contributed by atoms with Crippen LogP contribution in [-0.4, -0.2) is 40.9 Å². The zero-order valence-corrected chi connectivity index (χ0v) is 17.1. The molecule has 0 radical (unpaired) electrons. The highest BCUT2D eigenvalue weighted by molar-refractivity contribution is 7.87. The fourth-order valence-corrected chi connectivity index (χ4v) is 4.34. The normalized spacial score (nSPS) is 14.5. The van der Waals surface area contributed by atoms with Gasteiger partial charge in [0.05, 0.1) is 11.0 Å². The molecule has 0 aliphatic rings. The molecule has 1 heterocycles. The van der Waals surface area contributed by atoms with E-state index in [0.29, 0.717) is 23.0 Å². The van der Waals surface area contributed by atoms with Gasteiger partial charge in [-0.05, 0) is 29.7 Å². The van der Waals surface area contributed by atoms with Crippen molar-refractivity contribution in [1.29, 1.82) is 0 Å². The molecular formula is C20H26N4O3S. The Morgan fingerprint density at radius 3 is 2.43 bits per heavy atom. The number of anilines is 1. The molecule has 1 atom stereocenters. The van der Waals surface area contributed by atoms with Crippen LogP contribution in [0.4, 0.5) is 5.95 Å². The first kappa shape index (κ1) is 20.3. The third kappa shape index (κ3) is 3.39. The Balaban J connectivity index is 2.24. The summed E-state index contributed by atoms with van der Waals surface area (Å²) < 4.78 is 27.6. The van der Waals surface area contributed by atoms with Crippen molar-refractivity contribution in [3.8, 4) is 0 Å². The molecule has 8 heteroatoms. The number of hydrogen-bond donors (Lipinski definition) is 2. The fourth-order valence-electron chi connectivity index (χ4n) is 3.34. The van der Waals surface area contributed by atoms with E-state index in [1.54, 1.807) is 18.2 Å². The van der Waals surface area contributed by atoms with E-state index in [0.717, 1.165) is 26.7 Å². The number of nitrogen functional groups attached to an aromatic ring is 1. The molecule has 7 nitrogen and oxygen atoms in total. The molecule has 3 rings (SSSR count). The first-order chi connectivity index (χ1) is 13.2. The standard InChI is InChI=1S/C20H26N4O3S/c1-4-5-13-20(25,15-9-7-6-8-10-15)16-11-12-17-18(14-16)24(19(21)22-17)28(26,27)23(2)3/h6-12,14,25H,4-5,13H2,1-3H3,(H2,21,22). The highest BCUT2D eigenvalue weighted by Crippen LogP contribution is 2.36. The quantitative estimate of drug-likeness (QED) is 0.633. The number of unbranched alkanes of at least 4 members (excludes halogenated alkanes) is 1. The van der Waals surface area contributed by atoms with Gasteiger partial charge >= 0.3 is 10.2 Å². The van der Waals surface area contributed by atoms with Crippen LogP contribution < -0.4 is 5.73 Å². The number of imidazole rings is 1. The van der Waals surface area contributed by atoms with Gasteiger partial charge in [-0.2, -0.15) is 16.7 Å². The summed E-state index contributed by atoms with van der Waals surface area (Å²) in [5.74, 6) is -0.113. The van der Waals surface area contributed by atoms with Gasteiger partial charge in [0.1, 0.15) is 5.60 Å². The summed E-state index contributed by atoms with van der Waals surface area (Å²) in [6.45, 7) is 2.06. The van der Waals surface area contributed by atoms with Crippen LogP contribution in [0.15, 0.2) is 48.5 Å². The van der Waals surface area contributed by atoms with E-state index in [1.165, 1.54) is 14.1 Å². The van der Waals surface area contributed by atoms with Crippen LogP contribution in [0.25, 0.3) is 11.0 Å². The summed E-state index contributed by atoms with van der Waals surface area (Å²) in [6.07, 6.45) is 2.27. The highest BCUT2D eigenvalue weighted by atomic mass is 32.2. The summed E-state index contributed by atoms with van der Waals surface area (Å²) >= 11 is 0. The predicted molar refractivity (Wildman–Crippen MR) is 111 cm³/mol. The third-order valence-corrected chi connectivity index (χ3v) is 6.72. The Bertz CT molecular complexity index is 1080. The topological polar surface area (TPSA) is 101 Å². The lowest BCUT2D eigenvalue weighted by atomic mass is 9.82. The van der Waals surface area contributed by atoms with Gasteiger partial charge in [-0.15, -0.1) is 0 Å². The first-order valence-corrected chi connectivity index (χ1v) is 10.6. The lowest BCUT2D eigenvalue weighted by molar-refractivity contribution is 0.0686. The minimum absolute atomic E-state index is 0.113. The van der Waals surface area contributed by atoms with E-state index in [2.05, 4.69) is 11.9 Å². The average molecular weight is 403 g/mol. The van der Waals surface area contributed by atoms with Crippen molar-refractivity contribution in [2.24, 2.45) is 0 Å². The maximum absolute atomic E-state index is 12.7. The zero-order valence-electron chi connectivity index (χ0n) is 16.3. The molecule has 3 N–H and O–H groups in total. The molecule has 0 fully saturated rings. The van der Waals surface area contributed by atoms with Crippen LogP contribution in [-0.2, 0) is 15.8 Å². The van der Waals surface area contributed by atoms with Crippen molar-refractivity contribution in [3.63, 3.8) is 0 Å². The summed E-state index contributed by atoms with van der Waals surface area (Å²) in [7, 11) is -0.981. The summed E-state index contributed by atoms with van der Waals surface area (Å²) in [5.41, 5.74) is 6.84. The summed E-state index contributed by atoms with van der Waals surface area (Å²) in [6, 6.07) is 14.6. The number of hydrogen-bond acceptors (Lipinski definition) is 5. The van der Waals surface area contributed by atoms with Gasteiger partial charge in [0.25, 0.3) is 0 Å². The molecule has 1 unspecified atom stereocenters. The predicted octanol–water partition coefficient (Wildman–Crippen LogP) is 2.70. The second-order valence-corrected chi connectivity index (χ2v) is 9.05. The average Bonchev–Trinajstić information content (AvgIpc) is 3.02. The van der Waals surface area contributed by atoms with Gasteiger partial charge in [-0.3, -0.25) is 0 Å². The van der Waals surface area contributed by atoms with E-state index < -0.39 is 15.8 Å². The fraction of sp³-hybridized carbons (Fsp3) is 0.350. The molecule has 0 amide bonds. The molecule has 28 heavy (non-hydrogen) atoms. The largest absolute Gasteiger partial charge is 0.380 e. The monoisotopic (exact) mass is 402 g/mol. The van der Waals surface area contributed by atoms with E-state index in [1.807, 2.05) is 30.3 Å². The molecular weight excluding hydrogens is 376 g/mol. The first-order valence-electron chi connectivity index (χ1n) is 9.21. The molecule has 0 spiro atoms. The lowest BCUT2D eigenvalue weighted by Crippen LogP contribution is -2.30. The van der Waals surface area contributed by atoms with Crippen LogP contribution in [0.5, 0.6) is 0 Å². The molecule has 0 saturated heterocycles. The third-order valence-electron chi connectivity index (χ3n) is 4.95. The van der Waals surface area contributed by atoms with E-state index in [4.69, 9.17) is 5.73 Å². The van der Waals surface area contributed by atoms with Crippen LogP contribution in [0.1, 0.15) is 37.3 Å². The van der Waals surface area contributed by atoms with Crippen LogP contribution in [0.2, 0.25) is 0 Å². The van der Waals surface area contributed by atoms with E-state index >= 15 is 0 Å². The maximum atomic E-state index is 12.7. The second-order valence-electron chi connectivity index (χ2n) is 7.06. The van der Waals surface area contributed by atoms with Crippen molar-refractivity contribution in [3.05, 3.63) is 59.7 Å². The summed E-state index contributed by atoms with van der Waals surface area (Å²) in [4.78, 5) is 4.17. The van der Waals surface area contributed by atoms with Crippen molar-refractivity contribution in [2.45, 2.75) is 31.8 Å². The zero-order chi connectivity index (χ0) is 20.5. The number of nitrogens with two attached hydrogens (primary N) is 1. The van der Waals surface area contributed by atoms with Crippen LogP contribution in [0.3, 0.4) is 0 Å². The van der Waals surface area contributed by atoms with Gasteiger partial charge in [-0.1, -0.05) is 56.2 Å². The minimum Gasteiger partial charge on any atom is -0.380 e. The van der Waals surface area contributed by atoms with Gasteiger partial charge in [0.15, 0.2) is 0 Å². The number of rotatable bonds is 7. The van der Waals surface area contributed by atoms with Crippen molar-refractivity contribution in [1.82, 2.24) is 13.3 Å². The molecule has 0 aliphatic heterocycles. The van der Waals surface area contributed by atoms with Crippen molar-refractivity contribution < 1.29 is 13.5 Å². The number of aromatic nitrogens is 2. The van der Waals surface area contributed by atoms with Crippen molar-refractivity contribution >= 4 is 27.2 Å². The molecule has 0 bridgehead atoms. The molecule has 0 saturated carbocycles. The smallest absolute Gasteiger partial charge is 0.310 e. The Labute approximate surface area is 165 Å². The van der Waals surface area contributed by atoms with E-state index in [9.17, 15) is 13.5 Å². The van der Waals surface area contributed by atoms with Crippen LogP contribution in [0, 0.1) is 0 Å². The lowest BCUT2D eigenvalue weighted by Gasteiger charge is -2.29. The summed E-state index contributed by atoms with van der Waals surface area (Å²) in [5, 5.41) is 11.6. The highest BCUT2D eigenvalue weighted by Gasteiger charge is 2.32. The molecule has 2 aromatic carbocycles. The molecule has 0 aliphatic carbocycles. The van der Waals surface area contributed by atoms with Gasteiger partial charge < -0.3 is 10.8 Å². The van der Waals surface area contributed by atoms with Crippen molar-refractivity contribution in [2.75, 3.05) is 19.8 Å². The number of aliphatic hydroxyl groups is 1. The SMILES string of the molecule is CCCCC(O)(c1ccccc1)c1ccc2nc(N)n(S(=O)(=O)N(C)C)c2c1. The molecule has 3 aromatic rings. The Morgan fingerprint density at radius 1 is 1.14 bits per heavy atom. The Kier molecular flexibility index (Phi) is 5.47. The second kappa shape index (κ2) is 7.54. The number of benzene rings is 2. The maximum Gasteiger partial charge on any atom is 0.310 e. The van der Waals surface area contributed by atoms with Gasteiger partial charge in [0.2, 0.25) is 5.95 Å². The minimum atomic E-state index is -3.85. The van der Waals surface area contributed by atoms with Gasteiger partial charge in [-0.25, -0.2) is 4.98 Å². The van der Waals surface area contributed by atoms with E-state index in [-0.39, 0.29) is 5.95 Å². The molecule has 1 aromatic heterocycles. The Hall–Kier alpha value is -2.42. The van der Waals surface area contributed by atoms with Crippen LogP contribution >= 0.6 is 0 Å². The Morgan fingerprint density at radius 2 is 1.82 bits per heavy atom. The molecule has 150 valence electrons. The number of fused-ring (bicyclic) bond motifs is 1. The van der Waals surface area contributed by atoms with Gasteiger partial charge in [0, 0.05) is 14.1 Å².